The van der Waals surface area contributed by atoms with Crippen LogP contribution in [0.5, 0.6) is 0 Å². The third-order valence-corrected chi connectivity index (χ3v) is 5.72. The summed E-state index contributed by atoms with van der Waals surface area (Å²) in [4.78, 5) is -0.203. The molecule has 1 fully saturated rings. The van der Waals surface area contributed by atoms with Gasteiger partial charge in [-0.2, -0.15) is 4.31 Å². The van der Waals surface area contributed by atoms with Gasteiger partial charge in [0.15, 0.2) is 0 Å². The van der Waals surface area contributed by atoms with Gasteiger partial charge < -0.3 is 5.32 Å². The van der Waals surface area contributed by atoms with E-state index in [0.29, 0.717) is 13.1 Å². The van der Waals surface area contributed by atoms with Crippen molar-refractivity contribution in [2.24, 2.45) is 0 Å². The summed E-state index contributed by atoms with van der Waals surface area (Å²) in [7, 11) is -1.97. The first-order chi connectivity index (χ1) is 9.50. The zero-order valence-corrected chi connectivity index (χ0v) is 12.7. The van der Waals surface area contributed by atoms with Crippen LogP contribution in [-0.2, 0) is 16.6 Å². The number of hydrogen-bond donors (Lipinski definition) is 1. The molecule has 4 nitrogen and oxygen atoms in total. The minimum atomic E-state index is -3.74. The third-order valence-electron chi connectivity index (χ3n) is 3.76. The van der Waals surface area contributed by atoms with E-state index in [0.717, 1.165) is 24.8 Å². The van der Waals surface area contributed by atoms with Crippen LogP contribution >= 0.6 is 0 Å². The molecule has 112 valence electrons. The lowest BCUT2D eigenvalue weighted by Crippen LogP contribution is -2.35. The van der Waals surface area contributed by atoms with E-state index < -0.39 is 15.8 Å². The van der Waals surface area contributed by atoms with Gasteiger partial charge in [0.2, 0.25) is 10.0 Å². The topological polar surface area (TPSA) is 49.4 Å². The summed E-state index contributed by atoms with van der Waals surface area (Å²) in [5, 5.41) is 2.94. The molecule has 1 aliphatic heterocycles. The first kappa shape index (κ1) is 15.4. The molecule has 0 aromatic heterocycles. The van der Waals surface area contributed by atoms with Crippen molar-refractivity contribution in [2.75, 3.05) is 13.6 Å². The van der Waals surface area contributed by atoms with Gasteiger partial charge in [-0.1, -0.05) is 13.0 Å². The van der Waals surface area contributed by atoms with Gasteiger partial charge in [0.25, 0.3) is 0 Å². The van der Waals surface area contributed by atoms with Crippen molar-refractivity contribution in [3.05, 3.63) is 29.6 Å². The highest BCUT2D eigenvalue weighted by Crippen LogP contribution is 2.29. The molecule has 1 N–H and O–H groups in total. The Kier molecular flexibility index (Phi) is 4.78. The maximum Gasteiger partial charge on any atom is 0.246 e. The molecule has 1 aliphatic rings. The van der Waals surface area contributed by atoms with Crippen molar-refractivity contribution >= 4 is 10.0 Å². The van der Waals surface area contributed by atoms with Gasteiger partial charge in [-0.3, -0.25) is 0 Å². The van der Waals surface area contributed by atoms with E-state index in [1.807, 2.05) is 6.92 Å². The Bertz CT molecular complexity index is 575. The highest BCUT2D eigenvalue weighted by atomic mass is 32.2. The number of benzene rings is 1. The van der Waals surface area contributed by atoms with Crippen molar-refractivity contribution in [3.8, 4) is 0 Å². The third kappa shape index (κ3) is 2.87. The van der Waals surface area contributed by atoms with E-state index in [1.54, 1.807) is 13.1 Å². The number of halogens is 1. The van der Waals surface area contributed by atoms with Crippen LogP contribution in [0, 0.1) is 5.82 Å². The molecule has 2 rings (SSSR count). The zero-order valence-electron chi connectivity index (χ0n) is 11.9. The lowest BCUT2D eigenvalue weighted by atomic mass is 10.2. The monoisotopic (exact) mass is 300 g/mol. The fourth-order valence-electron chi connectivity index (χ4n) is 2.72. The van der Waals surface area contributed by atoms with Crippen molar-refractivity contribution in [1.29, 1.82) is 0 Å². The van der Waals surface area contributed by atoms with Crippen molar-refractivity contribution in [3.63, 3.8) is 0 Å². The first-order valence-electron chi connectivity index (χ1n) is 6.95. The van der Waals surface area contributed by atoms with E-state index >= 15 is 0 Å². The summed E-state index contributed by atoms with van der Waals surface area (Å²) in [6.45, 7) is 2.96. The number of rotatable bonds is 5. The molecule has 0 spiro atoms. The van der Waals surface area contributed by atoms with Crippen LogP contribution in [-0.4, -0.2) is 32.4 Å². The Hall–Kier alpha value is -0.980. The predicted octanol–water partition coefficient (Wildman–Crippen LogP) is 2.11. The van der Waals surface area contributed by atoms with Gasteiger partial charge in [0, 0.05) is 19.1 Å². The fourth-order valence-corrected chi connectivity index (χ4v) is 4.60. The number of hydrogen-bond acceptors (Lipinski definition) is 3. The van der Waals surface area contributed by atoms with E-state index in [2.05, 4.69) is 5.32 Å². The van der Waals surface area contributed by atoms with E-state index in [9.17, 15) is 12.8 Å². The van der Waals surface area contributed by atoms with Gasteiger partial charge >= 0.3 is 0 Å². The molecule has 20 heavy (non-hydrogen) atoms. The Morgan fingerprint density at radius 3 is 2.85 bits per heavy atom. The lowest BCUT2D eigenvalue weighted by Gasteiger charge is -2.23. The summed E-state index contributed by atoms with van der Waals surface area (Å²) >= 11 is 0. The van der Waals surface area contributed by atoms with Gasteiger partial charge in [-0.15, -0.1) is 0 Å². The second-order valence-corrected chi connectivity index (χ2v) is 6.97. The molecule has 0 saturated carbocycles. The molecule has 1 aromatic carbocycles. The van der Waals surface area contributed by atoms with Crippen LogP contribution in [0.25, 0.3) is 0 Å². The Morgan fingerprint density at radius 1 is 1.45 bits per heavy atom. The second kappa shape index (κ2) is 6.20. The van der Waals surface area contributed by atoms with Crippen molar-refractivity contribution in [2.45, 2.75) is 43.7 Å². The normalized spacial score (nSPS) is 20.4. The summed E-state index contributed by atoms with van der Waals surface area (Å²) in [5.41, 5.74) is 0.764. The molecule has 1 aromatic rings. The Labute approximate surface area is 120 Å². The summed E-state index contributed by atoms with van der Waals surface area (Å²) in [5.74, 6) is -0.674. The summed E-state index contributed by atoms with van der Waals surface area (Å²) in [6.07, 6.45) is 2.46. The van der Waals surface area contributed by atoms with Crippen LogP contribution in [0.1, 0.15) is 31.7 Å². The molecule has 6 heteroatoms. The largest absolute Gasteiger partial charge is 0.316 e. The summed E-state index contributed by atoms with van der Waals surface area (Å²) < 4.78 is 40.7. The SMILES string of the molecule is CCC1CCCN1S(=O)(=O)c1cc(CNC)ccc1F. The number of nitrogens with zero attached hydrogens (tertiary/aromatic N) is 1. The minimum absolute atomic E-state index is 0.00708. The Morgan fingerprint density at radius 2 is 2.20 bits per heavy atom. The average Bonchev–Trinajstić information content (AvgIpc) is 2.90. The van der Waals surface area contributed by atoms with Crippen LogP contribution in [0.2, 0.25) is 0 Å². The van der Waals surface area contributed by atoms with Crippen molar-refractivity contribution < 1.29 is 12.8 Å². The molecule has 1 atom stereocenters. The molecular weight excluding hydrogens is 279 g/mol. The van der Waals surface area contributed by atoms with Crippen LogP contribution in [0.3, 0.4) is 0 Å². The van der Waals surface area contributed by atoms with E-state index in [-0.39, 0.29) is 10.9 Å². The second-order valence-electron chi connectivity index (χ2n) is 5.12. The molecule has 1 heterocycles. The number of sulfonamides is 1. The molecule has 0 bridgehead atoms. The maximum absolute atomic E-state index is 14.0. The maximum atomic E-state index is 14.0. The zero-order chi connectivity index (χ0) is 14.8. The minimum Gasteiger partial charge on any atom is -0.316 e. The Balaban J connectivity index is 2.40. The molecule has 1 unspecified atom stereocenters. The summed E-state index contributed by atoms with van der Waals surface area (Å²) in [6, 6.07) is 4.27. The van der Waals surface area contributed by atoms with Gasteiger partial charge in [-0.05, 0) is 44.0 Å². The quantitative estimate of drug-likeness (QED) is 0.906. The highest BCUT2D eigenvalue weighted by Gasteiger charge is 2.35. The highest BCUT2D eigenvalue weighted by molar-refractivity contribution is 7.89. The molecule has 0 amide bonds. The van der Waals surface area contributed by atoms with Crippen LogP contribution in [0.15, 0.2) is 23.1 Å². The molecule has 0 radical (unpaired) electrons. The predicted molar refractivity (Wildman–Crippen MR) is 76.4 cm³/mol. The number of nitrogens with one attached hydrogen (secondary N) is 1. The lowest BCUT2D eigenvalue weighted by molar-refractivity contribution is 0.377. The van der Waals surface area contributed by atoms with Crippen LogP contribution in [0.4, 0.5) is 4.39 Å². The molecular formula is C14H21FN2O2S. The fraction of sp³-hybridized carbons (Fsp3) is 0.571. The molecule has 0 aliphatic carbocycles. The standard InChI is InChI=1S/C14H21FN2O2S/c1-3-12-5-4-8-17(12)20(18,19)14-9-11(10-16-2)6-7-13(14)15/h6-7,9,12,16H,3-5,8,10H2,1-2H3. The van der Waals surface area contributed by atoms with Gasteiger partial charge in [0.05, 0.1) is 0 Å². The van der Waals surface area contributed by atoms with Crippen molar-refractivity contribution in [1.82, 2.24) is 9.62 Å². The van der Waals surface area contributed by atoms with Crippen LogP contribution < -0.4 is 5.32 Å². The van der Waals surface area contributed by atoms with E-state index in [1.165, 1.54) is 16.4 Å². The van der Waals surface area contributed by atoms with E-state index in [4.69, 9.17) is 0 Å². The first-order valence-corrected chi connectivity index (χ1v) is 8.39. The smallest absolute Gasteiger partial charge is 0.246 e. The van der Waals surface area contributed by atoms with Gasteiger partial charge in [-0.25, -0.2) is 12.8 Å². The molecule has 1 saturated heterocycles. The average molecular weight is 300 g/mol. The van der Waals surface area contributed by atoms with Gasteiger partial charge in [0.1, 0.15) is 10.7 Å².